The van der Waals surface area contributed by atoms with Gasteiger partial charge in [0.05, 0.1) is 0 Å². The van der Waals surface area contributed by atoms with Crippen LogP contribution >= 0.6 is 0 Å². The Kier molecular flexibility index (Phi) is 5.54. The van der Waals surface area contributed by atoms with Gasteiger partial charge >= 0.3 is 0 Å². The van der Waals surface area contributed by atoms with Gasteiger partial charge in [-0.15, -0.1) is 0 Å². The van der Waals surface area contributed by atoms with Crippen molar-refractivity contribution in [2.24, 2.45) is 0 Å². The van der Waals surface area contributed by atoms with Crippen LogP contribution in [-0.2, 0) is 11.3 Å². The van der Waals surface area contributed by atoms with E-state index in [9.17, 15) is 23.2 Å². The number of carbonyl (C=O) groups excluding carboxylic acids is 2. The van der Waals surface area contributed by atoms with Crippen molar-refractivity contribution in [1.29, 1.82) is 0 Å². The SMILES string of the molecule is O=C(Cn1nc(C(=O)Nc2ccccc2)ccc1=O)Nc1ccc(F)c(F)c1. The molecule has 2 N–H and O–H groups in total. The van der Waals surface area contributed by atoms with Gasteiger partial charge in [-0.05, 0) is 30.3 Å². The Morgan fingerprint density at radius 1 is 0.893 bits per heavy atom. The largest absolute Gasteiger partial charge is 0.324 e. The average molecular weight is 384 g/mol. The summed E-state index contributed by atoms with van der Waals surface area (Å²) in [6, 6.07) is 13.8. The summed E-state index contributed by atoms with van der Waals surface area (Å²) in [5, 5.41) is 8.82. The zero-order chi connectivity index (χ0) is 20.1. The minimum atomic E-state index is -1.12. The van der Waals surface area contributed by atoms with Crippen molar-refractivity contribution >= 4 is 23.2 Å². The number of halogens is 2. The molecule has 142 valence electrons. The van der Waals surface area contributed by atoms with Crippen LogP contribution in [-0.4, -0.2) is 21.6 Å². The summed E-state index contributed by atoms with van der Waals surface area (Å²) in [6.07, 6.45) is 0. The Bertz CT molecular complexity index is 1080. The first kappa shape index (κ1) is 18.9. The van der Waals surface area contributed by atoms with Gasteiger partial charge in [-0.25, -0.2) is 13.5 Å². The fraction of sp³-hybridized carbons (Fsp3) is 0.0526. The third-order valence-corrected chi connectivity index (χ3v) is 3.63. The standard InChI is InChI=1S/C19H14F2N4O3/c20-14-7-6-13(10-15(14)21)22-17(26)11-25-18(27)9-8-16(24-25)19(28)23-12-4-2-1-3-5-12/h1-10H,11H2,(H,22,26)(H,23,28). The molecule has 1 aromatic heterocycles. The van der Waals surface area contributed by atoms with E-state index >= 15 is 0 Å². The number of nitrogens with one attached hydrogen (secondary N) is 2. The molecule has 0 aliphatic heterocycles. The topological polar surface area (TPSA) is 93.1 Å². The first-order valence-corrected chi connectivity index (χ1v) is 8.12. The van der Waals surface area contributed by atoms with Crippen LogP contribution in [0.15, 0.2) is 65.5 Å². The highest BCUT2D eigenvalue weighted by Gasteiger charge is 2.13. The number of amides is 2. The zero-order valence-electron chi connectivity index (χ0n) is 14.4. The van der Waals surface area contributed by atoms with E-state index in [2.05, 4.69) is 15.7 Å². The van der Waals surface area contributed by atoms with Crippen LogP contribution in [0.5, 0.6) is 0 Å². The van der Waals surface area contributed by atoms with E-state index in [0.717, 1.165) is 22.9 Å². The van der Waals surface area contributed by atoms with E-state index in [0.29, 0.717) is 5.69 Å². The fourth-order valence-corrected chi connectivity index (χ4v) is 2.31. The van der Waals surface area contributed by atoms with E-state index in [4.69, 9.17) is 0 Å². The van der Waals surface area contributed by atoms with Gasteiger partial charge in [-0.3, -0.25) is 14.4 Å². The molecule has 0 fully saturated rings. The summed E-state index contributed by atoms with van der Waals surface area (Å²) in [4.78, 5) is 36.3. The molecule has 3 rings (SSSR count). The molecule has 0 saturated heterocycles. The molecule has 9 heteroatoms. The number of rotatable bonds is 5. The van der Waals surface area contributed by atoms with Crippen molar-refractivity contribution in [1.82, 2.24) is 9.78 Å². The van der Waals surface area contributed by atoms with E-state index in [1.54, 1.807) is 30.3 Å². The van der Waals surface area contributed by atoms with Gasteiger partial charge in [0, 0.05) is 23.5 Å². The maximum atomic E-state index is 13.2. The molecular weight excluding hydrogens is 370 g/mol. The van der Waals surface area contributed by atoms with Crippen LogP contribution in [0.3, 0.4) is 0 Å². The van der Waals surface area contributed by atoms with E-state index in [-0.39, 0.29) is 11.4 Å². The second-order valence-electron chi connectivity index (χ2n) is 5.71. The number of hydrogen-bond acceptors (Lipinski definition) is 4. The third-order valence-electron chi connectivity index (χ3n) is 3.63. The van der Waals surface area contributed by atoms with E-state index < -0.39 is 35.6 Å². The molecule has 0 aliphatic carbocycles. The van der Waals surface area contributed by atoms with Crippen molar-refractivity contribution in [3.05, 3.63) is 88.3 Å². The van der Waals surface area contributed by atoms with Crippen LogP contribution in [0.4, 0.5) is 20.2 Å². The molecule has 1 heterocycles. The van der Waals surface area contributed by atoms with Crippen molar-refractivity contribution in [3.63, 3.8) is 0 Å². The number of carbonyl (C=O) groups is 2. The van der Waals surface area contributed by atoms with E-state index in [1.165, 1.54) is 12.1 Å². The lowest BCUT2D eigenvalue weighted by Gasteiger charge is -2.09. The number of hydrogen-bond donors (Lipinski definition) is 2. The molecule has 0 bridgehead atoms. The Balaban J connectivity index is 1.72. The Morgan fingerprint density at radius 3 is 2.36 bits per heavy atom. The molecule has 3 aromatic rings. The molecule has 0 radical (unpaired) electrons. The van der Waals surface area contributed by atoms with Gasteiger partial charge < -0.3 is 10.6 Å². The minimum Gasteiger partial charge on any atom is -0.324 e. The summed E-state index contributed by atoms with van der Waals surface area (Å²) in [6.45, 7) is -0.510. The molecule has 0 atom stereocenters. The zero-order valence-corrected chi connectivity index (χ0v) is 14.4. The van der Waals surface area contributed by atoms with Gasteiger partial charge in [0.15, 0.2) is 11.6 Å². The molecule has 0 unspecified atom stereocenters. The monoisotopic (exact) mass is 384 g/mol. The second kappa shape index (κ2) is 8.21. The average Bonchev–Trinajstić information content (AvgIpc) is 2.67. The third kappa shape index (κ3) is 4.64. The van der Waals surface area contributed by atoms with Crippen LogP contribution in [0, 0.1) is 11.6 Å². The van der Waals surface area contributed by atoms with Crippen LogP contribution in [0.25, 0.3) is 0 Å². The first-order valence-electron chi connectivity index (χ1n) is 8.12. The Hall–Kier alpha value is -3.88. The number of benzene rings is 2. The number of aromatic nitrogens is 2. The predicted octanol–water partition coefficient (Wildman–Crippen LogP) is 2.41. The molecule has 7 nitrogen and oxygen atoms in total. The predicted molar refractivity (Wildman–Crippen MR) is 97.9 cm³/mol. The first-order chi connectivity index (χ1) is 13.4. The molecule has 2 amide bonds. The lowest BCUT2D eigenvalue weighted by atomic mass is 10.3. The van der Waals surface area contributed by atoms with Crippen LogP contribution in [0.2, 0.25) is 0 Å². The minimum absolute atomic E-state index is 0.0231. The van der Waals surface area contributed by atoms with Gasteiger partial charge in [0.1, 0.15) is 12.2 Å². The lowest BCUT2D eigenvalue weighted by Crippen LogP contribution is -2.31. The second-order valence-corrected chi connectivity index (χ2v) is 5.71. The normalized spacial score (nSPS) is 10.4. The van der Waals surface area contributed by atoms with Crippen LogP contribution < -0.4 is 16.2 Å². The summed E-state index contributed by atoms with van der Waals surface area (Å²) < 4.78 is 26.9. The summed E-state index contributed by atoms with van der Waals surface area (Å²) in [5.74, 6) is -3.41. The summed E-state index contributed by atoms with van der Waals surface area (Å²) in [7, 11) is 0. The highest BCUT2D eigenvalue weighted by atomic mass is 19.2. The molecule has 0 saturated carbocycles. The van der Waals surface area contributed by atoms with Crippen molar-refractivity contribution in [2.45, 2.75) is 6.54 Å². The van der Waals surface area contributed by atoms with Gasteiger partial charge in [0.2, 0.25) is 5.91 Å². The number of nitrogens with zero attached hydrogens (tertiary/aromatic N) is 2. The smallest absolute Gasteiger partial charge is 0.276 e. The van der Waals surface area contributed by atoms with Gasteiger partial charge in [0.25, 0.3) is 11.5 Å². The Morgan fingerprint density at radius 2 is 1.64 bits per heavy atom. The summed E-state index contributed by atoms with van der Waals surface area (Å²) >= 11 is 0. The highest BCUT2D eigenvalue weighted by molar-refractivity contribution is 6.02. The molecule has 0 aliphatic rings. The number of para-hydroxylation sites is 1. The molecular formula is C19H14F2N4O3. The fourth-order valence-electron chi connectivity index (χ4n) is 2.31. The quantitative estimate of drug-likeness (QED) is 0.707. The number of anilines is 2. The van der Waals surface area contributed by atoms with Gasteiger partial charge in [-0.2, -0.15) is 5.10 Å². The molecule has 0 spiro atoms. The Labute approximate surface area is 157 Å². The van der Waals surface area contributed by atoms with E-state index in [1.807, 2.05) is 0 Å². The maximum absolute atomic E-state index is 13.2. The van der Waals surface area contributed by atoms with Crippen molar-refractivity contribution in [2.75, 3.05) is 10.6 Å². The van der Waals surface area contributed by atoms with Crippen molar-refractivity contribution < 1.29 is 18.4 Å². The molecule has 2 aromatic carbocycles. The lowest BCUT2D eigenvalue weighted by molar-refractivity contribution is -0.117. The van der Waals surface area contributed by atoms with Crippen molar-refractivity contribution in [3.8, 4) is 0 Å². The van der Waals surface area contributed by atoms with Gasteiger partial charge in [-0.1, -0.05) is 18.2 Å². The van der Waals surface area contributed by atoms with Crippen LogP contribution in [0.1, 0.15) is 10.5 Å². The molecule has 28 heavy (non-hydrogen) atoms. The maximum Gasteiger partial charge on any atom is 0.276 e. The highest BCUT2D eigenvalue weighted by Crippen LogP contribution is 2.13. The summed E-state index contributed by atoms with van der Waals surface area (Å²) in [5.41, 5.74) is -0.0983.